The monoisotopic (exact) mass is 240 g/mol. The number of aromatic nitrogens is 1. The van der Waals surface area contributed by atoms with Crippen LogP contribution in [0.3, 0.4) is 0 Å². The Morgan fingerprint density at radius 1 is 1.00 bits per heavy atom. The first-order valence-electron chi connectivity index (χ1n) is 5.38. The third-order valence-corrected chi connectivity index (χ3v) is 3.57. The third kappa shape index (κ3) is 1.95. The molecule has 1 radical (unpaired) electrons. The second-order valence-corrected chi connectivity index (χ2v) is 4.76. The van der Waals surface area contributed by atoms with Crippen molar-refractivity contribution in [3.8, 4) is 0 Å². The van der Waals surface area contributed by atoms with Crippen LogP contribution in [0, 0.1) is 0 Å². The average Bonchev–Trinajstić information content (AvgIpc) is 2.86. The van der Waals surface area contributed by atoms with Gasteiger partial charge < -0.3 is 0 Å². The molecule has 0 aliphatic rings. The van der Waals surface area contributed by atoms with Crippen LogP contribution in [0.2, 0.25) is 0 Å². The van der Waals surface area contributed by atoms with Gasteiger partial charge in [-0.1, -0.05) is 36.4 Å². The lowest BCUT2D eigenvalue weighted by atomic mass is 10.0. The fraction of sp³-hybridized carbons (Fsp3) is 0.0714. The molecule has 0 amide bonds. The van der Waals surface area contributed by atoms with Crippen molar-refractivity contribution >= 4 is 21.6 Å². The largest absolute Gasteiger partial charge is 0.245 e. The summed E-state index contributed by atoms with van der Waals surface area (Å²) in [6, 6.07) is 15.2. The van der Waals surface area contributed by atoms with E-state index in [9.17, 15) is 5.11 Å². The summed E-state index contributed by atoms with van der Waals surface area (Å²) >= 11 is 1.59. The quantitative estimate of drug-likeness (QED) is 0.670. The van der Waals surface area contributed by atoms with Gasteiger partial charge in [0.1, 0.15) is 6.10 Å². The van der Waals surface area contributed by atoms with Crippen LogP contribution < -0.4 is 0 Å². The first-order valence-corrected chi connectivity index (χ1v) is 6.26. The van der Waals surface area contributed by atoms with E-state index in [-0.39, 0.29) is 0 Å². The third-order valence-electron chi connectivity index (χ3n) is 2.76. The van der Waals surface area contributed by atoms with Gasteiger partial charge >= 0.3 is 0 Å². The summed E-state index contributed by atoms with van der Waals surface area (Å²) in [5.41, 5.74) is 4.28. The minimum atomic E-state index is -0.831. The van der Waals surface area contributed by atoms with Crippen molar-refractivity contribution in [3.63, 3.8) is 0 Å². The van der Waals surface area contributed by atoms with Gasteiger partial charge in [-0.3, -0.25) is 0 Å². The predicted octanol–water partition coefficient (Wildman–Crippen LogP) is 3.82. The summed E-state index contributed by atoms with van der Waals surface area (Å²) in [6.07, 6.45) is -0.831. The lowest BCUT2D eigenvalue weighted by Gasteiger charge is -2.08. The Hall–Kier alpha value is -1.71. The number of rotatable bonds is 2. The molecule has 0 fully saturated rings. The maximum absolute atomic E-state index is 12.3. The Morgan fingerprint density at radius 2 is 1.82 bits per heavy atom. The van der Waals surface area contributed by atoms with Gasteiger partial charge in [0, 0.05) is 0 Å². The van der Waals surface area contributed by atoms with Crippen LogP contribution in [-0.2, 0) is 5.11 Å². The van der Waals surface area contributed by atoms with E-state index in [1.807, 2.05) is 48.5 Å². The van der Waals surface area contributed by atoms with Gasteiger partial charge in [0.25, 0.3) is 0 Å². The number of fused-ring (bicyclic) bond motifs is 1. The second-order valence-electron chi connectivity index (χ2n) is 3.87. The molecule has 3 heteroatoms. The molecule has 0 spiro atoms. The van der Waals surface area contributed by atoms with Crippen LogP contribution in [-0.4, -0.2) is 4.98 Å². The van der Waals surface area contributed by atoms with Crippen molar-refractivity contribution < 1.29 is 5.11 Å². The second kappa shape index (κ2) is 4.28. The van der Waals surface area contributed by atoms with Crippen molar-refractivity contribution in [2.45, 2.75) is 6.10 Å². The summed E-state index contributed by atoms with van der Waals surface area (Å²) in [4.78, 5) is 4.24. The molecule has 0 N–H and O–H groups in total. The fourth-order valence-electron chi connectivity index (χ4n) is 1.86. The van der Waals surface area contributed by atoms with Gasteiger partial charge in [0.2, 0.25) is 0 Å². The SMILES string of the molecule is [O]C(c1ccccc1)c1ccc2scnc2c1. The highest BCUT2D eigenvalue weighted by atomic mass is 32.1. The first-order chi connectivity index (χ1) is 8.34. The van der Waals surface area contributed by atoms with Crippen LogP contribution >= 0.6 is 11.3 Å². The Bertz CT molecular complexity index is 633. The maximum Gasteiger partial charge on any atom is 0.143 e. The van der Waals surface area contributed by atoms with E-state index in [1.54, 1.807) is 16.8 Å². The zero-order valence-electron chi connectivity index (χ0n) is 9.04. The van der Waals surface area contributed by atoms with Crippen molar-refractivity contribution in [2.24, 2.45) is 0 Å². The van der Waals surface area contributed by atoms with Crippen LogP contribution in [0.5, 0.6) is 0 Å². The smallest absolute Gasteiger partial charge is 0.143 e. The zero-order valence-corrected chi connectivity index (χ0v) is 9.85. The molecular weight excluding hydrogens is 230 g/mol. The Labute approximate surface area is 103 Å². The topological polar surface area (TPSA) is 32.8 Å². The standard InChI is InChI=1S/C14H10NOS/c16-14(10-4-2-1-3-5-10)11-6-7-13-12(8-11)15-9-17-13/h1-9,14H. The molecule has 17 heavy (non-hydrogen) atoms. The van der Waals surface area contributed by atoms with E-state index in [4.69, 9.17) is 0 Å². The zero-order chi connectivity index (χ0) is 11.7. The normalized spacial score (nSPS) is 12.8. The maximum atomic E-state index is 12.3. The number of hydrogen-bond acceptors (Lipinski definition) is 2. The molecule has 0 bridgehead atoms. The fourth-order valence-corrected chi connectivity index (χ4v) is 2.52. The Kier molecular flexibility index (Phi) is 2.63. The molecule has 0 saturated carbocycles. The summed E-state index contributed by atoms with van der Waals surface area (Å²) in [5, 5.41) is 12.3. The van der Waals surface area contributed by atoms with Crippen molar-refractivity contribution in [2.75, 3.05) is 0 Å². The van der Waals surface area contributed by atoms with Crippen molar-refractivity contribution in [1.29, 1.82) is 0 Å². The van der Waals surface area contributed by atoms with Gasteiger partial charge in [-0.25, -0.2) is 10.1 Å². The highest BCUT2D eigenvalue weighted by Gasteiger charge is 2.12. The van der Waals surface area contributed by atoms with Gasteiger partial charge in [-0.05, 0) is 23.3 Å². The molecule has 2 nitrogen and oxygen atoms in total. The first kappa shape index (κ1) is 10.4. The molecule has 2 aromatic carbocycles. The number of hydrogen-bond donors (Lipinski definition) is 0. The molecule has 1 aromatic heterocycles. The molecule has 0 saturated heterocycles. The molecule has 3 rings (SSSR count). The minimum Gasteiger partial charge on any atom is -0.245 e. The van der Waals surface area contributed by atoms with Crippen LogP contribution in [0.1, 0.15) is 17.2 Å². The van der Waals surface area contributed by atoms with Gasteiger partial charge in [-0.15, -0.1) is 11.3 Å². The van der Waals surface area contributed by atoms with E-state index in [0.717, 1.165) is 21.3 Å². The van der Waals surface area contributed by atoms with Gasteiger partial charge in [-0.2, -0.15) is 0 Å². The highest BCUT2D eigenvalue weighted by Crippen LogP contribution is 2.26. The average molecular weight is 240 g/mol. The van der Waals surface area contributed by atoms with E-state index in [2.05, 4.69) is 4.98 Å². The van der Waals surface area contributed by atoms with Crippen LogP contribution in [0.15, 0.2) is 54.0 Å². The lowest BCUT2D eigenvalue weighted by molar-refractivity contribution is 0.125. The Morgan fingerprint density at radius 3 is 2.65 bits per heavy atom. The molecule has 3 aromatic rings. The molecule has 1 unspecified atom stereocenters. The lowest BCUT2D eigenvalue weighted by Crippen LogP contribution is -1.97. The molecule has 83 valence electrons. The summed E-state index contributed by atoms with van der Waals surface area (Å²) in [5.74, 6) is 0. The van der Waals surface area contributed by atoms with Gasteiger partial charge in [0.15, 0.2) is 0 Å². The molecule has 0 aliphatic heterocycles. The Balaban J connectivity index is 2.03. The van der Waals surface area contributed by atoms with Crippen LogP contribution in [0.25, 0.3) is 10.2 Å². The van der Waals surface area contributed by atoms with Crippen LogP contribution in [0.4, 0.5) is 0 Å². The summed E-state index contributed by atoms with van der Waals surface area (Å²) in [7, 11) is 0. The summed E-state index contributed by atoms with van der Waals surface area (Å²) in [6.45, 7) is 0. The minimum absolute atomic E-state index is 0.773. The summed E-state index contributed by atoms with van der Waals surface area (Å²) < 4.78 is 1.12. The highest BCUT2D eigenvalue weighted by molar-refractivity contribution is 7.16. The molecule has 1 heterocycles. The van der Waals surface area contributed by atoms with E-state index in [0.29, 0.717) is 0 Å². The molecular formula is C14H10NOS. The molecule has 1 atom stereocenters. The van der Waals surface area contributed by atoms with E-state index in [1.165, 1.54) is 0 Å². The van der Waals surface area contributed by atoms with E-state index < -0.39 is 6.10 Å². The number of thiazole rings is 1. The van der Waals surface area contributed by atoms with Gasteiger partial charge in [0.05, 0.1) is 15.7 Å². The number of nitrogens with zero attached hydrogens (tertiary/aromatic N) is 1. The molecule has 0 aliphatic carbocycles. The van der Waals surface area contributed by atoms with Crippen molar-refractivity contribution in [3.05, 3.63) is 65.2 Å². The number of benzene rings is 2. The van der Waals surface area contributed by atoms with Crippen molar-refractivity contribution in [1.82, 2.24) is 4.98 Å². The predicted molar refractivity (Wildman–Crippen MR) is 68.6 cm³/mol. The van der Waals surface area contributed by atoms with E-state index >= 15 is 0 Å².